The number of carbonyl (C=O) groups is 1. The first-order valence-corrected chi connectivity index (χ1v) is 11.8. The number of rotatable bonds is 6. The lowest BCUT2D eigenvalue weighted by Gasteiger charge is -2.23. The van der Waals surface area contributed by atoms with Crippen LogP contribution in [-0.4, -0.2) is 44.2 Å². The van der Waals surface area contributed by atoms with Gasteiger partial charge in [0, 0.05) is 25.1 Å². The second-order valence-corrected chi connectivity index (χ2v) is 9.20. The van der Waals surface area contributed by atoms with Gasteiger partial charge in [-0.05, 0) is 61.5 Å². The summed E-state index contributed by atoms with van der Waals surface area (Å²) in [7, 11) is 1.64. The number of fused-ring (bicyclic) bond motifs is 1. The fourth-order valence-corrected chi connectivity index (χ4v) is 5.53. The topological polar surface area (TPSA) is 76.0 Å². The zero-order valence-corrected chi connectivity index (χ0v) is 19.3. The highest BCUT2D eigenvalue weighted by Crippen LogP contribution is 2.36. The predicted molar refractivity (Wildman–Crippen MR) is 127 cm³/mol. The summed E-state index contributed by atoms with van der Waals surface area (Å²) in [5, 5.41) is 8.26. The van der Waals surface area contributed by atoms with Gasteiger partial charge in [-0.1, -0.05) is 12.1 Å². The molecule has 1 aliphatic heterocycles. The molecule has 0 bridgehead atoms. The maximum absolute atomic E-state index is 13.2. The quantitative estimate of drug-likeness (QED) is 0.407. The molecule has 1 saturated heterocycles. The van der Waals surface area contributed by atoms with Crippen molar-refractivity contribution in [2.75, 3.05) is 13.7 Å². The molecule has 9 heteroatoms. The van der Waals surface area contributed by atoms with Gasteiger partial charge in [-0.25, -0.2) is 4.98 Å². The molecule has 1 amide bonds. The lowest BCUT2D eigenvalue weighted by molar-refractivity contribution is -0.132. The van der Waals surface area contributed by atoms with Crippen molar-refractivity contribution < 1.29 is 9.53 Å². The first kappa shape index (κ1) is 20.8. The molecule has 2 aromatic carbocycles. The molecule has 164 valence electrons. The number of H-pyrrole nitrogens is 1. The Morgan fingerprint density at radius 3 is 2.84 bits per heavy atom. The summed E-state index contributed by atoms with van der Waals surface area (Å²) in [6.45, 7) is 1.24. The van der Waals surface area contributed by atoms with Crippen molar-refractivity contribution in [3.63, 3.8) is 0 Å². The Labute approximate surface area is 194 Å². The first-order valence-electron chi connectivity index (χ1n) is 10.6. The summed E-state index contributed by atoms with van der Waals surface area (Å²) in [4.78, 5) is 20.0. The molecule has 0 radical (unpaired) electrons. The number of carbonyl (C=O) groups excluding carboxylic acids is 1. The molecule has 7 nitrogen and oxygen atoms in total. The Bertz CT molecular complexity index is 1270. The number of nitrogens with zero attached hydrogens (tertiary/aromatic N) is 4. The van der Waals surface area contributed by atoms with E-state index in [1.165, 1.54) is 0 Å². The number of amides is 1. The third kappa shape index (κ3) is 3.93. The van der Waals surface area contributed by atoms with Gasteiger partial charge in [0.05, 0.1) is 23.4 Å². The van der Waals surface area contributed by atoms with E-state index in [2.05, 4.69) is 16.3 Å². The summed E-state index contributed by atoms with van der Waals surface area (Å²) >= 11 is 7.12. The normalized spacial score (nSPS) is 16.0. The molecule has 0 saturated carbocycles. The molecule has 2 aromatic heterocycles. The second kappa shape index (κ2) is 8.84. The molecule has 1 N–H and O–H groups in total. The fraction of sp³-hybridized carbons (Fsp3) is 0.304. The molecule has 0 aliphatic carbocycles. The molecular weight excluding hydrogens is 442 g/mol. The number of hydrogen-bond acceptors (Lipinski definition) is 6. The monoisotopic (exact) mass is 465 g/mol. The summed E-state index contributed by atoms with van der Waals surface area (Å²) in [5.41, 5.74) is 1.92. The Kier molecular flexibility index (Phi) is 5.75. The number of aromatic amines is 1. The summed E-state index contributed by atoms with van der Waals surface area (Å²) in [6, 6.07) is 15.8. The van der Waals surface area contributed by atoms with Crippen LogP contribution in [0.1, 0.15) is 30.3 Å². The summed E-state index contributed by atoms with van der Waals surface area (Å²) in [5.74, 6) is 1.62. The van der Waals surface area contributed by atoms with E-state index in [-0.39, 0.29) is 11.9 Å². The minimum Gasteiger partial charge on any atom is -0.497 e. The maximum Gasteiger partial charge on any atom is 0.224 e. The predicted octanol–water partition coefficient (Wildman–Crippen LogP) is 4.98. The number of methoxy groups -OCH3 is 1. The van der Waals surface area contributed by atoms with Crippen LogP contribution in [0.3, 0.4) is 0 Å². The minimum atomic E-state index is 0.0540. The SMILES string of the molecule is COc1ccc(-c2n[nH]c(=S)n2CCC(=O)N2CCCC2c2nc3ccccc3s2)cc1. The van der Waals surface area contributed by atoms with Crippen molar-refractivity contribution in [2.45, 2.75) is 31.8 Å². The van der Waals surface area contributed by atoms with E-state index in [4.69, 9.17) is 21.9 Å². The maximum atomic E-state index is 13.2. The number of ether oxygens (including phenoxy) is 1. The van der Waals surface area contributed by atoms with Crippen molar-refractivity contribution in [2.24, 2.45) is 0 Å². The number of hydrogen-bond donors (Lipinski definition) is 1. The van der Waals surface area contributed by atoms with Crippen LogP contribution in [0.15, 0.2) is 48.5 Å². The minimum absolute atomic E-state index is 0.0540. The Hall–Kier alpha value is -3.04. The number of thiazole rings is 1. The van der Waals surface area contributed by atoms with Crippen LogP contribution >= 0.6 is 23.6 Å². The third-order valence-corrected chi connectivity index (χ3v) is 7.27. The van der Waals surface area contributed by atoms with Crippen molar-refractivity contribution in [1.29, 1.82) is 0 Å². The third-order valence-electron chi connectivity index (χ3n) is 5.82. The van der Waals surface area contributed by atoms with Crippen molar-refractivity contribution in [1.82, 2.24) is 24.6 Å². The highest BCUT2D eigenvalue weighted by Gasteiger charge is 2.32. The van der Waals surface area contributed by atoms with Gasteiger partial charge in [-0.3, -0.25) is 14.5 Å². The van der Waals surface area contributed by atoms with Gasteiger partial charge in [0.25, 0.3) is 0 Å². The van der Waals surface area contributed by atoms with Crippen molar-refractivity contribution >= 4 is 39.7 Å². The van der Waals surface area contributed by atoms with Crippen LogP contribution in [0.5, 0.6) is 5.75 Å². The zero-order valence-electron chi connectivity index (χ0n) is 17.7. The molecule has 3 heterocycles. The van der Waals surface area contributed by atoms with E-state index in [9.17, 15) is 4.79 Å². The smallest absolute Gasteiger partial charge is 0.224 e. The number of benzene rings is 2. The fourth-order valence-electron chi connectivity index (χ4n) is 4.19. The average Bonchev–Trinajstić information content (AvgIpc) is 3.55. The van der Waals surface area contributed by atoms with Gasteiger partial charge >= 0.3 is 0 Å². The van der Waals surface area contributed by atoms with Crippen molar-refractivity contribution in [3.8, 4) is 17.1 Å². The molecule has 1 fully saturated rings. The molecule has 1 unspecified atom stereocenters. The van der Waals surface area contributed by atoms with Gasteiger partial charge in [-0.2, -0.15) is 5.10 Å². The highest BCUT2D eigenvalue weighted by atomic mass is 32.1. The molecule has 0 spiro atoms. The molecule has 1 aliphatic rings. The van der Waals surface area contributed by atoms with Gasteiger partial charge in [0.15, 0.2) is 10.6 Å². The highest BCUT2D eigenvalue weighted by molar-refractivity contribution is 7.71. The van der Waals surface area contributed by atoms with E-state index in [1.54, 1.807) is 18.4 Å². The lowest BCUT2D eigenvalue weighted by atomic mass is 10.2. The molecule has 4 aromatic rings. The number of nitrogens with one attached hydrogen (secondary N) is 1. The van der Waals surface area contributed by atoms with Gasteiger partial charge in [-0.15, -0.1) is 11.3 Å². The number of aromatic nitrogens is 4. The molecule has 1 atom stereocenters. The van der Waals surface area contributed by atoms with Crippen LogP contribution in [0.25, 0.3) is 21.6 Å². The van der Waals surface area contributed by atoms with Crippen LogP contribution < -0.4 is 4.74 Å². The van der Waals surface area contributed by atoms with Gasteiger partial charge < -0.3 is 9.64 Å². The van der Waals surface area contributed by atoms with E-state index in [0.29, 0.717) is 17.7 Å². The Morgan fingerprint density at radius 1 is 1.25 bits per heavy atom. The molecule has 32 heavy (non-hydrogen) atoms. The van der Waals surface area contributed by atoms with Crippen LogP contribution in [0, 0.1) is 4.77 Å². The van der Waals surface area contributed by atoms with Crippen molar-refractivity contribution in [3.05, 3.63) is 58.3 Å². The molecule has 5 rings (SSSR count). The number of para-hydroxylation sites is 1. The van der Waals surface area contributed by atoms with Crippen LogP contribution in [0.4, 0.5) is 0 Å². The van der Waals surface area contributed by atoms with E-state index < -0.39 is 0 Å². The van der Waals surface area contributed by atoms with E-state index >= 15 is 0 Å². The second-order valence-electron chi connectivity index (χ2n) is 7.75. The average molecular weight is 466 g/mol. The summed E-state index contributed by atoms with van der Waals surface area (Å²) < 4.78 is 8.79. The van der Waals surface area contributed by atoms with Crippen LogP contribution in [-0.2, 0) is 11.3 Å². The lowest BCUT2D eigenvalue weighted by Crippen LogP contribution is -2.31. The Balaban J connectivity index is 1.32. The van der Waals surface area contributed by atoms with Gasteiger partial charge in [0.2, 0.25) is 5.91 Å². The largest absolute Gasteiger partial charge is 0.497 e. The van der Waals surface area contributed by atoms with Gasteiger partial charge in [0.1, 0.15) is 10.8 Å². The number of likely N-dealkylation sites (tertiary alicyclic amines) is 1. The first-order chi connectivity index (χ1) is 15.6. The molecular formula is C23H23N5O2S2. The van der Waals surface area contributed by atoms with E-state index in [1.807, 2.05) is 51.9 Å². The Morgan fingerprint density at radius 2 is 2.06 bits per heavy atom. The van der Waals surface area contributed by atoms with E-state index in [0.717, 1.165) is 51.7 Å². The zero-order chi connectivity index (χ0) is 22.1. The summed E-state index contributed by atoms with van der Waals surface area (Å²) in [6.07, 6.45) is 2.31. The standard InChI is InChI=1S/C23H23N5O2S2/c1-30-16-10-8-15(9-11-16)21-25-26-23(31)28(21)14-12-20(29)27-13-4-6-18(27)22-24-17-5-2-3-7-19(17)32-22/h2-3,5,7-11,18H,4,6,12-14H2,1H3,(H,26,31). The van der Waals surface area contributed by atoms with Crippen LogP contribution in [0.2, 0.25) is 0 Å².